The Morgan fingerprint density at radius 3 is 2.89 bits per heavy atom. The van der Waals surface area contributed by atoms with E-state index in [4.69, 9.17) is 17.0 Å². The number of ether oxygens (including phenoxy) is 1. The molecule has 1 aromatic carbocycles. The molecule has 4 rings (SSSR count). The largest absolute Gasteiger partial charge is 0.471 e. The number of halogens is 1. The van der Waals surface area contributed by atoms with Gasteiger partial charge in [0.15, 0.2) is 5.16 Å². The van der Waals surface area contributed by atoms with Gasteiger partial charge in [-0.15, -0.1) is 0 Å². The van der Waals surface area contributed by atoms with Crippen molar-refractivity contribution in [1.82, 2.24) is 19.9 Å². The molecule has 0 saturated carbocycles. The van der Waals surface area contributed by atoms with Gasteiger partial charge in [0.1, 0.15) is 6.04 Å². The average molecular weight is 463 g/mol. The standard InChI is InChI=1S/C19H19BrN4OS2/c1-3-25-19(26)24-7-6-13-14-8-12(20)4-5-15(14)23-16(13)17(24)11-9-21-18(27-2)22-10-11/h4-5,8-10,17,23H,3,6-7H2,1-2H3. The molecule has 0 bridgehead atoms. The lowest BCUT2D eigenvalue weighted by atomic mass is 9.94. The van der Waals surface area contributed by atoms with E-state index in [-0.39, 0.29) is 6.04 Å². The third-order valence-corrected chi connectivity index (χ3v) is 6.16. The van der Waals surface area contributed by atoms with E-state index in [9.17, 15) is 0 Å². The minimum Gasteiger partial charge on any atom is -0.471 e. The second kappa shape index (κ2) is 7.77. The molecule has 1 aliphatic rings. The van der Waals surface area contributed by atoms with Crippen molar-refractivity contribution in [1.29, 1.82) is 0 Å². The van der Waals surface area contributed by atoms with Crippen LogP contribution in [0, 0.1) is 0 Å². The Balaban J connectivity index is 1.86. The third kappa shape index (κ3) is 3.46. The Kier molecular flexibility index (Phi) is 5.39. The molecule has 2 aromatic heterocycles. The van der Waals surface area contributed by atoms with Gasteiger partial charge in [0, 0.05) is 45.6 Å². The molecule has 0 aliphatic carbocycles. The highest BCUT2D eigenvalue weighted by molar-refractivity contribution is 9.10. The van der Waals surface area contributed by atoms with Crippen LogP contribution in [0.5, 0.6) is 0 Å². The van der Waals surface area contributed by atoms with E-state index in [0.29, 0.717) is 11.8 Å². The van der Waals surface area contributed by atoms with Gasteiger partial charge in [-0.3, -0.25) is 0 Å². The number of thioether (sulfide) groups is 1. The van der Waals surface area contributed by atoms with Crippen LogP contribution in [0.4, 0.5) is 0 Å². The average Bonchev–Trinajstić information content (AvgIpc) is 3.05. The number of nitrogens with zero attached hydrogens (tertiary/aromatic N) is 3. The van der Waals surface area contributed by atoms with E-state index >= 15 is 0 Å². The Hall–Kier alpha value is -1.64. The number of aromatic amines is 1. The number of rotatable bonds is 3. The van der Waals surface area contributed by atoms with Crippen molar-refractivity contribution in [2.24, 2.45) is 0 Å². The molecule has 1 N–H and O–H groups in total. The topological polar surface area (TPSA) is 54.0 Å². The van der Waals surface area contributed by atoms with Gasteiger partial charge in [-0.1, -0.05) is 27.7 Å². The molecule has 0 amide bonds. The summed E-state index contributed by atoms with van der Waals surface area (Å²) in [5.41, 5.74) is 4.58. The number of hydrogen-bond donors (Lipinski definition) is 1. The molecule has 0 spiro atoms. The van der Waals surface area contributed by atoms with Crippen molar-refractivity contribution in [2.45, 2.75) is 24.5 Å². The van der Waals surface area contributed by atoms with Crippen LogP contribution in [0.1, 0.15) is 29.8 Å². The first-order valence-electron chi connectivity index (χ1n) is 8.71. The zero-order valence-corrected chi connectivity index (χ0v) is 18.2. The Morgan fingerprint density at radius 2 is 2.19 bits per heavy atom. The fourth-order valence-corrected chi connectivity index (χ4v) is 4.58. The molecule has 3 heterocycles. The molecular weight excluding hydrogens is 444 g/mol. The summed E-state index contributed by atoms with van der Waals surface area (Å²) in [7, 11) is 0. The van der Waals surface area contributed by atoms with E-state index in [1.54, 1.807) is 0 Å². The van der Waals surface area contributed by atoms with Crippen LogP contribution in [0.3, 0.4) is 0 Å². The van der Waals surface area contributed by atoms with Crippen molar-refractivity contribution < 1.29 is 4.74 Å². The van der Waals surface area contributed by atoms with Gasteiger partial charge in [0.05, 0.1) is 6.61 Å². The highest BCUT2D eigenvalue weighted by Gasteiger charge is 2.34. The predicted octanol–water partition coefficient (Wildman–Crippen LogP) is 4.71. The van der Waals surface area contributed by atoms with Crippen LogP contribution in [0.2, 0.25) is 0 Å². The van der Waals surface area contributed by atoms with Crippen molar-refractivity contribution in [3.63, 3.8) is 0 Å². The normalized spacial score (nSPS) is 16.4. The molecule has 0 fully saturated rings. The molecule has 1 atom stereocenters. The maximum Gasteiger partial charge on any atom is 0.260 e. The van der Waals surface area contributed by atoms with E-state index in [1.165, 1.54) is 22.7 Å². The monoisotopic (exact) mass is 462 g/mol. The van der Waals surface area contributed by atoms with Crippen molar-refractivity contribution >= 4 is 56.0 Å². The molecule has 3 aromatic rings. The fourth-order valence-electron chi connectivity index (χ4n) is 3.58. The molecule has 8 heteroatoms. The molecule has 27 heavy (non-hydrogen) atoms. The van der Waals surface area contributed by atoms with Gasteiger partial charge in [-0.2, -0.15) is 0 Å². The minimum absolute atomic E-state index is 0.0881. The molecule has 1 unspecified atom stereocenters. The van der Waals surface area contributed by atoms with Crippen molar-refractivity contribution in [2.75, 3.05) is 19.4 Å². The van der Waals surface area contributed by atoms with Gasteiger partial charge in [0.25, 0.3) is 5.17 Å². The molecule has 1 aliphatic heterocycles. The summed E-state index contributed by atoms with van der Waals surface area (Å²) >= 11 is 10.7. The Bertz CT molecular complexity index is 989. The summed E-state index contributed by atoms with van der Waals surface area (Å²) in [5.74, 6) is 0. The first kappa shape index (κ1) is 18.7. The van der Waals surface area contributed by atoms with Gasteiger partial charge in [-0.25, -0.2) is 9.97 Å². The Labute approximate surface area is 176 Å². The number of fused-ring (bicyclic) bond motifs is 3. The fraction of sp³-hybridized carbons (Fsp3) is 0.316. The predicted molar refractivity (Wildman–Crippen MR) is 116 cm³/mol. The first-order valence-corrected chi connectivity index (χ1v) is 11.1. The molecule has 5 nitrogen and oxygen atoms in total. The minimum atomic E-state index is -0.0881. The van der Waals surface area contributed by atoms with Crippen molar-refractivity contribution in [3.8, 4) is 0 Å². The SMILES string of the molecule is CCOC(=S)N1CCc2c([nH]c3ccc(Br)cc23)C1c1cnc(SC)nc1. The van der Waals surface area contributed by atoms with Crippen LogP contribution >= 0.6 is 39.9 Å². The summed E-state index contributed by atoms with van der Waals surface area (Å²) in [6.45, 7) is 3.30. The number of nitrogens with one attached hydrogen (secondary N) is 1. The van der Waals surface area contributed by atoms with E-state index in [0.717, 1.165) is 39.4 Å². The first-order chi connectivity index (χ1) is 13.1. The Morgan fingerprint density at radius 1 is 1.41 bits per heavy atom. The smallest absolute Gasteiger partial charge is 0.260 e. The van der Waals surface area contributed by atoms with Gasteiger partial charge < -0.3 is 14.6 Å². The highest BCUT2D eigenvalue weighted by atomic mass is 79.9. The summed E-state index contributed by atoms with van der Waals surface area (Å²) in [5, 5.41) is 2.52. The van der Waals surface area contributed by atoms with Crippen LogP contribution in [0.15, 0.2) is 40.2 Å². The maximum absolute atomic E-state index is 5.68. The molecule has 0 radical (unpaired) electrons. The highest BCUT2D eigenvalue weighted by Crippen LogP contribution is 2.39. The second-order valence-corrected chi connectivity index (χ2v) is 8.29. The van der Waals surface area contributed by atoms with Gasteiger partial charge in [-0.05, 0) is 55.6 Å². The summed E-state index contributed by atoms with van der Waals surface area (Å²) in [4.78, 5) is 14.7. The van der Waals surface area contributed by atoms with Gasteiger partial charge >= 0.3 is 0 Å². The van der Waals surface area contributed by atoms with Gasteiger partial charge in [0.2, 0.25) is 0 Å². The zero-order valence-electron chi connectivity index (χ0n) is 15.0. The molecule has 0 saturated heterocycles. The van der Waals surface area contributed by atoms with Crippen molar-refractivity contribution in [3.05, 3.63) is 51.9 Å². The number of benzene rings is 1. The quantitative estimate of drug-likeness (QED) is 0.345. The number of H-pyrrole nitrogens is 1. The summed E-state index contributed by atoms with van der Waals surface area (Å²) < 4.78 is 6.75. The lowest BCUT2D eigenvalue weighted by Crippen LogP contribution is -2.40. The van der Waals surface area contributed by atoms with Crippen LogP contribution in [0.25, 0.3) is 10.9 Å². The van der Waals surface area contributed by atoms with E-state index < -0.39 is 0 Å². The van der Waals surface area contributed by atoms with Crippen LogP contribution in [-0.4, -0.2) is 44.4 Å². The maximum atomic E-state index is 5.68. The lowest BCUT2D eigenvalue weighted by Gasteiger charge is -2.36. The van der Waals surface area contributed by atoms with Crippen LogP contribution in [-0.2, 0) is 11.2 Å². The zero-order chi connectivity index (χ0) is 19.0. The number of thiocarbonyl (C=S) groups is 1. The third-order valence-electron chi connectivity index (χ3n) is 4.74. The second-order valence-electron chi connectivity index (χ2n) is 6.26. The molecular formula is C19H19BrN4OS2. The molecule has 140 valence electrons. The van der Waals surface area contributed by atoms with E-state index in [2.05, 4.69) is 54.0 Å². The number of hydrogen-bond acceptors (Lipinski definition) is 5. The summed E-state index contributed by atoms with van der Waals surface area (Å²) in [6, 6.07) is 6.24. The van der Waals surface area contributed by atoms with E-state index in [1.807, 2.05) is 25.6 Å². The van der Waals surface area contributed by atoms with Crippen LogP contribution < -0.4 is 0 Å². The lowest BCUT2D eigenvalue weighted by molar-refractivity contribution is 0.224. The number of aromatic nitrogens is 3. The summed E-state index contributed by atoms with van der Waals surface area (Å²) in [6.07, 6.45) is 6.65.